The van der Waals surface area contributed by atoms with Crippen molar-refractivity contribution in [1.82, 2.24) is 0 Å². The summed E-state index contributed by atoms with van der Waals surface area (Å²) in [6.45, 7) is 0. The fraction of sp³-hybridized carbons (Fsp3) is 0. The Morgan fingerprint density at radius 2 is 1.39 bits per heavy atom. The van der Waals surface area contributed by atoms with Crippen LogP contribution in [0.2, 0.25) is 0 Å². The van der Waals surface area contributed by atoms with Gasteiger partial charge in [0.1, 0.15) is 0 Å². The number of rotatable bonds is 2. The van der Waals surface area contributed by atoms with Gasteiger partial charge in [-0.3, -0.25) is 0 Å². The van der Waals surface area contributed by atoms with Gasteiger partial charge in [-0.25, -0.2) is 0 Å². The van der Waals surface area contributed by atoms with Crippen molar-refractivity contribution in [1.29, 1.82) is 0 Å². The molecule has 0 bridgehead atoms. The maximum Gasteiger partial charge on any atom is -0.00928 e. The highest BCUT2D eigenvalue weighted by Gasteiger charge is 1.99. The summed E-state index contributed by atoms with van der Waals surface area (Å²) in [7, 11) is 0. The molecule has 0 saturated heterocycles. The van der Waals surface area contributed by atoms with Crippen molar-refractivity contribution < 1.29 is 0 Å². The smallest absolute Gasteiger partial charge is 0.00928 e. The number of benzene rings is 3. The van der Waals surface area contributed by atoms with E-state index in [4.69, 9.17) is 0 Å². The molecule has 0 aliphatic rings. The maximum absolute atomic E-state index is 3.34. The molecule has 0 fully saturated rings. The lowest BCUT2D eigenvalue weighted by atomic mass is 10.0. The summed E-state index contributed by atoms with van der Waals surface area (Å²) in [4.78, 5) is 0. The second kappa shape index (κ2) is 4.89. The summed E-state index contributed by atoms with van der Waals surface area (Å²) in [5.74, 6) is 0. The van der Waals surface area contributed by atoms with Crippen LogP contribution in [-0.2, 0) is 0 Å². The molecule has 0 amide bonds. The monoisotopic (exact) mass is 228 g/mol. The maximum atomic E-state index is 3.34. The van der Waals surface area contributed by atoms with Gasteiger partial charge in [0, 0.05) is 0 Å². The van der Waals surface area contributed by atoms with E-state index >= 15 is 0 Å². The van der Waals surface area contributed by atoms with Gasteiger partial charge in [-0.2, -0.15) is 0 Å². The van der Waals surface area contributed by atoms with Crippen LogP contribution in [0.25, 0.3) is 22.3 Å². The van der Waals surface area contributed by atoms with Gasteiger partial charge in [0.05, 0.1) is 0 Å². The molecule has 18 heavy (non-hydrogen) atoms. The molecule has 0 heterocycles. The highest BCUT2D eigenvalue weighted by atomic mass is 14.0. The SMILES string of the molecule is [c]1cccc(-c2c[c]c(-c3ccccc3)cc2)c1. The normalized spacial score (nSPS) is 10.2. The van der Waals surface area contributed by atoms with Crippen molar-refractivity contribution in [3.63, 3.8) is 0 Å². The van der Waals surface area contributed by atoms with Gasteiger partial charge in [0.15, 0.2) is 0 Å². The molecule has 3 aromatic carbocycles. The predicted octanol–water partition coefficient (Wildman–Crippen LogP) is 4.62. The minimum absolute atomic E-state index is 1.12. The molecule has 2 radical (unpaired) electrons. The zero-order valence-electron chi connectivity index (χ0n) is 9.93. The Kier molecular flexibility index (Phi) is 2.93. The van der Waals surface area contributed by atoms with Gasteiger partial charge in [0.25, 0.3) is 0 Å². The van der Waals surface area contributed by atoms with Crippen molar-refractivity contribution in [2.24, 2.45) is 0 Å². The number of hydrogen-bond donors (Lipinski definition) is 0. The molecular formula is C18H12. The first-order valence-electron chi connectivity index (χ1n) is 5.97. The highest BCUT2D eigenvalue weighted by Crippen LogP contribution is 2.23. The highest BCUT2D eigenvalue weighted by molar-refractivity contribution is 5.69. The second-order valence-electron chi connectivity index (χ2n) is 4.15. The molecule has 3 aromatic rings. The third-order valence-corrected chi connectivity index (χ3v) is 2.94. The summed E-state index contributed by atoms with van der Waals surface area (Å²) in [5, 5.41) is 0. The van der Waals surface area contributed by atoms with Crippen LogP contribution in [0.3, 0.4) is 0 Å². The van der Waals surface area contributed by atoms with Crippen molar-refractivity contribution >= 4 is 0 Å². The molecule has 0 N–H and O–H groups in total. The molecule has 0 unspecified atom stereocenters. The summed E-state index contributed by atoms with van der Waals surface area (Å²) >= 11 is 0. The Morgan fingerprint density at radius 3 is 2.06 bits per heavy atom. The van der Waals surface area contributed by atoms with Crippen molar-refractivity contribution in [2.75, 3.05) is 0 Å². The standard InChI is InChI=1S/C18H12/c1-3-7-15(8-4-1)17-11-13-18(14-12-17)16-9-5-2-6-10-16/h1-5,7-11,13-14H. The lowest BCUT2D eigenvalue weighted by Crippen LogP contribution is -1.80. The van der Waals surface area contributed by atoms with E-state index in [1.165, 1.54) is 16.7 Å². The Balaban J connectivity index is 1.95. The first-order chi connectivity index (χ1) is 8.93. The lowest BCUT2D eigenvalue weighted by molar-refractivity contribution is 1.58. The van der Waals surface area contributed by atoms with Crippen molar-refractivity contribution in [3.8, 4) is 22.3 Å². The summed E-state index contributed by atoms with van der Waals surface area (Å²) in [5.41, 5.74) is 4.67. The molecule has 0 atom stereocenters. The molecule has 3 rings (SSSR count). The minimum Gasteiger partial charge on any atom is -0.0622 e. The first kappa shape index (κ1) is 10.8. The Bertz CT molecular complexity index is 549. The first-order valence-corrected chi connectivity index (χ1v) is 5.97. The van der Waals surface area contributed by atoms with Crippen molar-refractivity contribution in [3.05, 3.63) is 84.9 Å². The van der Waals surface area contributed by atoms with Crippen LogP contribution in [0.4, 0.5) is 0 Å². The molecule has 0 heteroatoms. The van der Waals surface area contributed by atoms with E-state index in [0.717, 1.165) is 5.56 Å². The molecule has 0 aliphatic heterocycles. The fourth-order valence-corrected chi connectivity index (χ4v) is 1.97. The Morgan fingerprint density at radius 1 is 0.611 bits per heavy atom. The minimum atomic E-state index is 1.12. The van der Waals surface area contributed by atoms with E-state index in [2.05, 4.69) is 42.5 Å². The molecule has 0 aromatic heterocycles. The largest absolute Gasteiger partial charge is 0.0622 e. The fourth-order valence-electron chi connectivity index (χ4n) is 1.97. The van der Waals surface area contributed by atoms with Gasteiger partial charge < -0.3 is 0 Å². The van der Waals surface area contributed by atoms with Crippen LogP contribution in [0, 0.1) is 12.1 Å². The van der Waals surface area contributed by atoms with Crippen molar-refractivity contribution in [2.45, 2.75) is 0 Å². The third-order valence-electron chi connectivity index (χ3n) is 2.94. The summed E-state index contributed by atoms with van der Waals surface area (Å²) < 4.78 is 0. The van der Waals surface area contributed by atoms with E-state index in [-0.39, 0.29) is 0 Å². The van der Waals surface area contributed by atoms with Gasteiger partial charge in [-0.1, -0.05) is 60.7 Å². The Labute approximate surface area is 108 Å². The average Bonchev–Trinajstić information content (AvgIpc) is 2.49. The van der Waals surface area contributed by atoms with Crippen LogP contribution < -0.4 is 0 Å². The van der Waals surface area contributed by atoms with Gasteiger partial charge in [0.2, 0.25) is 0 Å². The lowest BCUT2D eigenvalue weighted by Gasteiger charge is -2.04. The average molecular weight is 228 g/mol. The second-order valence-corrected chi connectivity index (χ2v) is 4.15. The van der Waals surface area contributed by atoms with Gasteiger partial charge >= 0.3 is 0 Å². The molecule has 0 aliphatic carbocycles. The molecule has 0 saturated carbocycles. The zero-order valence-corrected chi connectivity index (χ0v) is 9.93. The molecule has 0 nitrogen and oxygen atoms in total. The van der Waals surface area contributed by atoms with Crippen LogP contribution in [0.1, 0.15) is 0 Å². The van der Waals surface area contributed by atoms with Gasteiger partial charge in [-0.15, -0.1) is 0 Å². The Hall–Kier alpha value is -2.34. The van der Waals surface area contributed by atoms with E-state index in [1.807, 2.05) is 42.5 Å². The third kappa shape index (κ3) is 2.18. The number of hydrogen-bond acceptors (Lipinski definition) is 0. The molecule has 84 valence electrons. The molecule has 0 spiro atoms. The topological polar surface area (TPSA) is 0 Å². The van der Waals surface area contributed by atoms with E-state index in [0.29, 0.717) is 0 Å². The predicted molar refractivity (Wildman–Crippen MR) is 75.0 cm³/mol. The van der Waals surface area contributed by atoms with Crippen LogP contribution in [0.5, 0.6) is 0 Å². The van der Waals surface area contributed by atoms with Crippen LogP contribution in [-0.4, -0.2) is 0 Å². The van der Waals surface area contributed by atoms with E-state index in [1.54, 1.807) is 0 Å². The van der Waals surface area contributed by atoms with Crippen LogP contribution >= 0.6 is 0 Å². The summed E-state index contributed by atoms with van der Waals surface area (Å²) in [6.07, 6.45) is 0. The van der Waals surface area contributed by atoms with Crippen LogP contribution in [0.15, 0.2) is 72.8 Å². The molecular weight excluding hydrogens is 216 g/mol. The summed E-state index contributed by atoms with van der Waals surface area (Å²) in [6, 6.07) is 31.0. The van der Waals surface area contributed by atoms with E-state index < -0.39 is 0 Å². The zero-order chi connectivity index (χ0) is 12.2. The van der Waals surface area contributed by atoms with Gasteiger partial charge in [-0.05, 0) is 46.5 Å². The quantitative estimate of drug-likeness (QED) is 0.600. The van der Waals surface area contributed by atoms with E-state index in [9.17, 15) is 0 Å².